The lowest BCUT2D eigenvalue weighted by Crippen LogP contribution is -2.59. The summed E-state index contributed by atoms with van der Waals surface area (Å²) in [6.45, 7) is 4.34. The maximum atomic E-state index is 12.8. The molecule has 6 atom stereocenters. The van der Waals surface area contributed by atoms with Gasteiger partial charge in [-0.3, -0.25) is 4.79 Å². The number of carbonyl (C=O) groups excluding carboxylic acids is 1. The number of rotatable bonds is 38. The van der Waals surface area contributed by atoms with E-state index in [9.17, 15) is 25.2 Å². The summed E-state index contributed by atoms with van der Waals surface area (Å²) >= 11 is 0. The van der Waals surface area contributed by atoms with Gasteiger partial charge in [-0.1, -0.05) is 157 Å². The quantitative estimate of drug-likeness (QED) is 0.0273. The second kappa shape index (κ2) is 40.1. The molecule has 1 rings (SSSR count). The van der Waals surface area contributed by atoms with Crippen molar-refractivity contribution in [2.24, 2.45) is 0 Å². The van der Waals surface area contributed by atoms with Gasteiger partial charge in [0.1, 0.15) is 30.5 Å². The molecule has 0 aliphatic carbocycles. The zero-order valence-electron chi connectivity index (χ0n) is 36.5. The molecule has 0 spiro atoms. The van der Waals surface area contributed by atoms with Gasteiger partial charge in [0.2, 0.25) is 0 Å². The van der Waals surface area contributed by atoms with Gasteiger partial charge in [-0.05, 0) is 77.0 Å². The average molecular weight is 817 g/mol. The lowest BCUT2D eigenvalue weighted by molar-refractivity contribution is -0.305. The van der Waals surface area contributed by atoms with Crippen molar-refractivity contribution in [3.63, 3.8) is 0 Å². The van der Waals surface area contributed by atoms with Crippen LogP contribution >= 0.6 is 0 Å². The highest BCUT2D eigenvalue weighted by atomic mass is 16.7. The first-order valence-corrected chi connectivity index (χ1v) is 23.0. The summed E-state index contributed by atoms with van der Waals surface area (Å²) in [7, 11) is 0. The van der Waals surface area contributed by atoms with Crippen LogP contribution in [0.1, 0.15) is 168 Å². The van der Waals surface area contributed by atoms with Crippen LogP contribution in [0.2, 0.25) is 0 Å². The standard InChI is InChI=1S/C49H84O9/c1-3-5-7-9-11-13-15-17-18-19-20-21-22-23-24-25-27-29-31-33-35-37-39-55-41-43(42-56-49-48(54)47(53)46(52)44(40-50)58-49)57-45(51)38-36-34-32-30-28-26-16-14-12-10-8-6-4-2/h5,7-8,10-11,13-14,16-18,20-21,43-44,46-50,52-54H,3-4,6,9,12,15,19,22-42H2,1-2H3/b7-5-,10-8-,13-11-,16-14-,18-17-,21-20-. The van der Waals surface area contributed by atoms with E-state index in [-0.39, 0.29) is 19.2 Å². The Morgan fingerprint density at radius 1 is 0.569 bits per heavy atom. The molecule has 0 bridgehead atoms. The van der Waals surface area contributed by atoms with Gasteiger partial charge >= 0.3 is 5.97 Å². The van der Waals surface area contributed by atoms with Gasteiger partial charge in [0, 0.05) is 13.0 Å². The molecule has 0 amide bonds. The van der Waals surface area contributed by atoms with Crippen molar-refractivity contribution in [1.29, 1.82) is 0 Å². The van der Waals surface area contributed by atoms with Crippen LogP contribution in [-0.2, 0) is 23.7 Å². The topological polar surface area (TPSA) is 135 Å². The Balaban J connectivity index is 2.24. The van der Waals surface area contributed by atoms with Crippen LogP contribution < -0.4 is 0 Å². The highest BCUT2D eigenvalue weighted by molar-refractivity contribution is 5.69. The Morgan fingerprint density at radius 3 is 1.59 bits per heavy atom. The molecule has 1 aliphatic heterocycles. The number of hydrogen-bond acceptors (Lipinski definition) is 9. The van der Waals surface area contributed by atoms with Crippen molar-refractivity contribution in [2.45, 2.75) is 205 Å². The Bertz CT molecular complexity index is 1110. The summed E-state index contributed by atoms with van der Waals surface area (Å²) in [6, 6.07) is 0. The van der Waals surface area contributed by atoms with Gasteiger partial charge in [-0.25, -0.2) is 0 Å². The molecule has 1 aliphatic rings. The normalized spacial score (nSPS) is 21.0. The summed E-state index contributed by atoms with van der Waals surface area (Å²) in [5.74, 6) is -0.334. The number of aliphatic hydroxyl groups is 4. The first kappa shape index (κ1) is 53.6. The van der Waals surface area contributed by atoms with Gasteiger partial charge in [0.15, 0.2) is 6.29 Å². The van der Waals surface area contributed by atoms with Crippen molar-refractivity contribution < 1.29 is 44.2 Å². The predicted octanol–water partition coefficient (Wildman–Crippen LogP) is 10.5. The van der Waals surface area contributed by atoms with E-state index in [4.69, 9.17) is 18.9 Å². The molecule has 9 nitrogen and oxygen atoms in total. The molecule has 1 heterocycles. The number of carbonyl (C=O) groups is 1. The second-order valence-corrected chi connectivity index (χ2v) is 15.5. The number of esters is 1. The first-order valence-electron chi connectivity index (χ1n) is 23.0. The van der Waals surface area contributed by atoms with Gasteiger partial charge in [-0.2, -0.15) is 0 Å². The third kappa shape index (κ3) is 30.6. The van der Waals surface area contributed by atoms with E-state index in [1.165, 1.54) is 44.9 Å². The molecule has 58 heavy (non-hydrogen) atoms. The molecule has 0 radical (unpaired) electrons. The van der Waals surface area contributed by atoms with Crippen molar-refractivity contribution in [3.8, 4) is 0 Å². The molecule has 9 heteroatoms. The van der Waals surface area contributed by atoms with E-state index in [1.54, 1.807) is 0 Å². The fourth-order valence-corrected chi connectivity index (χ4v) is 6.52. The minimum atomic E-state index is -1.54. The maximum Gasteiger partial charge on any atom is 0.306 e. The Labute approximate surface area is 353 Å². The minimum absolute atomic E-state index is 0.125. The SMILES string of the molecule is CC/C=C\C/C=C\C/C=C\C/C=C\CCCCCCCCCCCOCC(COC1OC(CO)C(O)C(O)C1O)OC(=O)CCCCCCC/C=C\C/C=C\CCC. The van der Waals surface area contributed by atoms with E-state index in [0.717, 1.165) is 103 Å². The highest BCUT2D eigenvalue weighted by Gasteiger charge is 2.44. The van der Waals surface area contributed by atoms with E-state index in [2.05, 4.69) is 86.8 Å². The summed E-state index contributed by atoms with van der Waals surface area (Å²) < 4.78 is 22.8. The van der Waals surface area contributed by atoms with Gasteiger partial charge in [0.25, 0.3) is 0 Å². The Kier molecular flexibility index (Phi) is 37.1. The Morgan fingerprint density at radius 2 is 1.05 bits per heavy atom. The number of aliphatic hydroxyl groups excluding tert-OH is 4. The highest BCUT2D eigenvalue weighted by Crippen LogP contribution is 2.22. The molecule has 1 fully saturated rings. The Hall–Kier alpha value is -2.37. The van der Waals surface area contributed by atoms with Gasteiger partial charge < -0.3 is 39.4 Å². The van der Waals surface area contributed by atoms with Gasteiger partial charge in [-0.15, -0.1) is 0 Å². The first-order chi connectivity index (χ1) is 28.4. The van der Waals surface area contributed by atoms with Crippen molar-refractivity contribution in [2.75, 3.05) is 26.4 Å². The van der Waals surface area contributed by atoms with Crippen LogP contribution in [0.15, 0.2) is 72.9 Å². The lowest BCUT2D eigenvalue weighted by Gasteiger charge is -2.39. The monoisotopic (exact) mass is 817 g/mol. The fourth-order valence-electron chi connectivity index (χ4n) is 6.52. The molecular formula is C49H84O9. The van der Waals surface area contributed by atoms with Crippen LogP contribution in [0, 0.1) is 0 Å². The van der Waals surface area contributed by atoms with Crippen molar-refractivity contribution in [1.82, 2.24) is 0 Å². The lowest BCUT2D eigenvalue weighted by atomic mass is 9.99. The van der Waals surface area contributed by atoms with Crippen molar-refractivity contribution in [3.05, 3.63) is 72.9 Å². The summed E-state index contributed by atoms with van der Waals surface area (Å²) in [5, 5.41) is 40.1. The molecule has 4 N–H and O–H groups in total. The summed E-state index contributed by atoms with van der Waals surface area (Å²) in [6.07, 6.45) is 45.0. The largest absolute Gasteiger partial charge is 0.457 e. The van der Waals surface area contributed by atoms with Crippen LogP contribution in [0.3, 0.4) is 0 Å². The zero-order valence-corrected chi connectivity index (χ0v) is 36.5. The number of allylic oxidation sites excluding steroid dienone is 12. The maximum absolute atomic E-state index is 12.8. The number of unbranched alkanes of at least 4 members (excludes halogenated alkanes) is 15. The molecule has 334 valence electrons. The van der Waals surface area contributed by atoms with Crippen LogP contribution in [0.4, 0.5) is 0 Å². The molecule has 0 saturated carbocycles. The second-order valence-electron chi connectivity index (χ2n) is 15.5. The smallest absolute Gasteiger partial charge is 0.306 e. The zero-order chi connectivity index (χ0) is 42.2. The van der Waals surface area contributed by atoms with E-state index in [0.29, 0.717) is 13.0 Å². The molecule has 0 aromatic heterocycles. The van der Waals surface area contributed by atoms with Crippen LogP contribution in [-0.4, -0.2) is 89.6 Å². The van der Waals surface area contributed by atoms with E-state index in [1.807, 2.05) is 0 Å². The summed E-state index contributed by atoms with van der Waals surface area (Å²) in [4.78, 5) is 12.8. The minimum Gasteiger partial charge on any atom is -0.457 e. The molecule has 0 aromatic carbocycles. The predicted molar refractivity (Wildman–Crippen MR) is 237 cm³/mol. The third-order valence-electron chi connectivity index (χ3n) is 10.1. The summed E-state index contributed by atoms with van der Waals surface area (Å²) in [5.41, 5.74) is 0. The number of ether oxygens (including phenoxy) is 4. The van der Waals surface area contributed by atoms with E-state index < -0.39 is 43.4 Å². The fraction of sp³-hybridized carbons (Fsp3) is 0.735. The molecular weight excluding hydrogens is 733 g/mol. The van der Waals surface area contributed by atoms with Crippen LogP contribution in [0.25, 0.3) is 0 Å². The number of hydrogen-bond donors (Lipinski definition) is 4. The van der Waals surface area contributed by atoms with Crippen LogP contribution in [0.5, 0.6) is 0 Å². The van der Waals surface area contributed by atoms with Gasteiger partial charge in [0.05, 0.1) is 19.8 Å². The molecule has 0 aromatic rings. The third-order valence-corrected chi connectivity index (χ3v) is 10.1. The molecule has 6 unspecified atom stereocenters. The van der Waals surface area contributed by atoms with Crippen molar-refractivity contribution >= 4 is 5.97 Å². The average Bonchev–Trinajstić information content (AvgIpc) is 3.22. The van der Waals surface area contributed by atoms with E-state index >= 15 is 0 Å². The molecule has 1 saturated heterocycles.